The molecule has 0 heterocycles. The molecule has 1 unspecified atom stereocenters. The maximum absolute atomic E-state index is 10.6. The molecule has 0 saturated heterocycles. The van der Waals surface area contributed by atoms with Crippen molar-refractivity contribution < 1.29 is 10.0 Å². The predicted molar refractivity (Wildman–Crippen MR) is 80.9 cm³/mol. The summed E-state index contributed by atoms with van der Waals surface area (Å²) < 4.78 is 0. The molecule has 0 amide bonds. The van der Waals surface area contributed by atoms with Crippen molar-refractivity contribution >= 4 is 5.69 Å². The van der Waals surface area contributed by atoms with Crippen LogP contribution in [0.3, 0.4) is 0 Å². The highest BCUT2D eigenvalue weighted by Crippen LogP contribution is 2.17. The van der Waals surface area contributed by atoms with Gasteiger partial charge in [-0.15, -0.1) is 0 Å². The number of hydrogen-bond acceptors (Lipinski definition) is 4. The molecule has 0 saturated carbocycles. The minimum absolute atomic E-state index is 0.0267. The molecular weight excluding hydrogens is 268 g/mol. The minimum atomic E-state index is -0.685. The lowest BCUT2D eigenvalue weighted by Gasteiger charge is -2.13. The van der Waals surface area contributed by atoms with Crippen LogP contribution in [0, 0.1) is 17.0 Å². The molecule has 5 nitrogen and oxygen atoms in total. The molecule has 2 rings (SSSR count). The lowest BCUT2D eigenvalue weighted by atomic mass is 10.1. The van der Waals surface area contributed by atoms with E-state index >= 15 is 0 Å². The van der Waals surface area contributed by atoms with Crippen LogP contribution in [0.5, 0.6) is 0 Å². The average molecular weight is 286 g/mol. The van der Waals surface area contributed by atoms with Crippen molar-refractivity contribution in [3.8, 4) is 0 Å². The van der Waals surface area contributed by atoms with Gasteiger partial charge >= 0.3 is 0 Å². The molecule has 2 aromatic carbocycles. The summed E-state index contributed by atoms with van der Waals surface area (Å²) in [6.07, 6.45) is -0.685. The third kappa shape index (κ3) is 4.11. The Balaban J connectivity index is 1.88. The number of nitro groups is 1. The second-order valence-corrected chi connectivity index (χ2v) is 4.92. The largest absolute Gasteiger partial charge is 0.387 e. The molecule has 0 aliphatic rings. The zero-order chi connectivity index (χ0) is 15.2. The Bertz CT molecular complexity index is 611. The van der Waals surface area contributed by atoms with Gasteiger partial charge in [0.25, 0.3) is 5.69 Å². The molecule has 0 radical (unpaired) electrons. The summed E-state index contributed by atoms with van der Waals surface area (Å²) in [5.41, 5.74) is 3.08. The fourth-order valence-corrected chi connectivity index (χ4v) is 2.09. The number of nitrogens with one attached hydrogen (secondary N) is 1. The van der Waals surface area contributed by atoms with Gasteiger partial charge in [-0.3, -0.25) is 10.1 Å². The van der Waals surface area contributed by atoms with Gasteiger partial charge in [0, 0.05) is 25.2 Å². The molecule has 21 heavy (non-hydrogen) atoms. The topological polar surface area (TPSA) is 75.4 Å². The smallest absolute Gasteiger partial charge is 0.269 e. The number of rotatable bonds is 6. The first-order valence-corrected chi connectivity index (χ1v) is 6.75. The normalized spacial score (nSPS) is 12.1. The van der Waals surface area contributed by atoms with Crippen LogP contribution >= 0.6 is 0 Å². The number of aliphatic hydroxyl groups is 1. The van der Waals surface area contributed by atoms with Gasteiger partial charge in [0.2, 0.25) is 0 Å². The van der Waals surface area contributed by atoms with Crippen molar-refractivity contribution in [2.75, 3.05) is 6.54 Å². The van der Waals surface area contributed by atoms with E-state index in [0.29, 0.717) is 18.7 Å². The highest BCUT2D eigenvalue weighted by molar-refractivity contribution is 5.33. The van der Waals surface area contributed by atoms with Crippen LogP contribution in [0.1, 0.15) is 22.8 Å². The summed E-state index contributed by atoms with van der Waals surface area (Å²) in [5, 5.41) is 23.8. The second kappa shape index (κ2) is 6.97. The average Bonchev–Trinajstić information content (AvgIpc) is 2.49. The van der Waals surface area contributed by atoms with Crippen molar-refractivity contribution in [2.45, 2.75) is 19.6 Å². The summed E-state index contributed by atoms with van der Waals surface area (Å²) in [6, 6.07) is 14.0. The quantitative estimate of drug-likeness (QED) is 0.632. The van der Waals surface area contributed by atoms with E-state index in [4.69, 9.17) is 0 Å². The van der Waals surface area contributed by atoms with Gasteiger partial charge < -0.3 is 10.4 Å². The van der Waals surface area contributed by atoms with Crippen LogP contribution in [0.4, 0.5) is 5.69 Å². The number of non-ortho nitro benzene ring substituents is 1. The summed E-state index contributed by atoms with van der Waals surface area (Å²) in [7, 11) is 0. The van der Waals surface area contributed by atoms with Crippen molar-refractivity contribution in [3.05, 3.63) is 75.3 Å². The fourth-order valence-electron chi connectivity index (χ4n) is 2.09. The highest BCUT2D eigenvalue weighted by atomic mass is 16.6. The summed E-state index contributed by atoms with van der Waals surface area (Å²) >= 11 is 0. The molecule has 0 spiro atoms. The van der Waals surface area contributed by atoms with Crippen molar-refractivity contribution in [1.29, 1.82) is 0 Å². The van der Waals surface area contributed by atoms with Crippen LogP contribution in [-0.2, 0) is 6.54 Å². The molecule has 0 fully saturated rings. The van der Waals surface area contributed by atoms with Crippen LogP contribution in [0.15, 0.2) is 48.5 Å². The Hall–Kier alpha value is -2.24. The molecular formula is C16H18N2O3. The second-order valence-electron chi connectivity index (χ2n) is 4.92. The minimum Gasteiger partial charge on any atom is -0.387 e. The van der Waals surface area contributed by atoms with Crippen LogP contribution in [0.25, 0.3) is 0 Å². The van der Waals surface area contributed by atoms with Crippen molar-refractivity contribution in [3.63, 3.8) is 0 Å². The fraction of sp³-hybridized carbons (Fsp3) is 0.250. The Labute approximate surface area is 123 Å². The van der Waals surface area contributed by atoms with E-state index in [1.807, 2.05) is 31.2 Å². The van der Waals surface area contributed by atoms with E-state index in [2.05, 4.69) is 5.32 Å². The maximum Gasteiger partial charge on any atom is 0.269 e. The first kappa shape index (κ1) is 15.2. The first-order chi connectivity index (χ1) is 10.1. The molecule has 0 aliphatic heterocycles. The molecule has 0 bridgehead atoms. The van der Waals surface area contributed by atoms with E-state index in [0.717, 1.165) is 0 Å². The number of aryl methyl sites for hydroxylation is 1. The van der Waals surface area contributed by atoms with Gasteiger partial charge in [-0.1, -0.05) is 24.3 Å². The lowest BCUT2D eigenvalue weighted by molar-refractivity contribution is -0.384. The van der Waals surface area contributed by atoms with Gasteiger partial charge in [0.05, 0.1) is 11.0 Å². The molecule has 1 atom stereocenters. The third-order valence-corrected chi connectivity index (χ3v) is 3.40. The highest BCUT2D eigenvalue weighted by Gasteiger charge is 2.10. The van der Waals surface area contributed by atoms with Gasteiger partial charge in [-0.05, 0) is 35.7 Å². The molecule has 2 aromatic rings. The van der Waals surface area contributed by atoms with Crippen LogP contribution in [-0.4, -0.2) is 16.6 Å². The molecule has 5 heteroatoms. The number of nitro benzene ring substituents is 1. The molecule has 0 aliphatic carbocycles. The third-order valence-electron chi connectivity index (χ3n) is 3.40. The zero-order valence-corrected chi connectivity index (χ0v) is 11.8. The van der Waals surface area contributed by atoms with E-state index in [-0.39, 0.29) is 5.69 Å². The van der Waals surface area contributed by atoms with Crippen LogP contribution in [0.2, 0.25) is 0 Å². The van der Waals surface area contributed by atoms with E-state index < -0.39 is 11.0 Å². The maximum atomic E-state index is 10.6. The first-order valence-electron chi connectivity index (χ1n) is 6.75. The Morgan fingerprint density at radius 1 is 1.19 bits per heavy atom. The number of hydrogen-bond donors (Lipinski definition) is 2. The zero-order valence-electron chi connectivity index (χ0n) is 11.8. The van der Waals surface area contributed by atoms with Crippen LogP contribution < -0.4 is 5.32 Å². The Morgan fingerprint density at radius 3 is 2.48 bits per heavy atom. The molecule has 2 N–H and O–H groups in total. The van der Waals surface area contributed by atoms with Gasteiger partial charge in [-0.25, -0.2) is 0 Å². The van der Waals surface area contributed by atoms with Crippen molar-refractivity contribution in [1.82, 2.24) is 5.32 Å². The summed E-state index contributed by atoms with van der Waals surface area (Å²) in [5.74, 6) is 0. The Kier molecular flexibility index (Phi) is 5.03. The summed E-state index contributed by atoms with van der Waals surface area (Å²) in [6.45, 7) is 3.12. The van der Waals surface area contributed by atoms with Crippen molar-refractivity contribution in [2.24, 2.45) is 0 Å². The number of nitrogens with zero attached hydrogens (tertiary/aromatic N) is 1. The van der Waals surface area contributed by atoms with E-state index in [9.17, 15) is 15.2 Å². The lowest BCUT2D eigenvalue weighted by Crippen LogP contribution is -2.21. The van der Waals surface area contributed by atoms with Gasteiger partial charge in [0.15, 0.2) is 0 Å². The predicted octanol–water partition coefficient (Wildman–Crippen LogP) is 2.73. The van der Waals surface area contributed by atoms with E-state index in [1.54, 1.807) is 12.1 Å². The van der Waals surface area contributed by atoms with Gasteiger partial charge in [0.1, 0.15) is 0 Å². The monoisotopic (exact) mass is 286 g/mol. The van der Waals surface area contributed by atoms with E-state index in [1.165, 1.54) is 23.3 Å². The standard InChI is InChI=1S/C16H18N2O3/c1-12-4-2-3-5-14(12)10-17-11-16(19)13-6-8-15(9-7-13)18(20)21/h2-9,16-17,19H,10-11H2,1H3. The molecule has 0 aromatic heterocycles. The molecule has 110 valence electrons. The number of benzene rings is 2. The number of aliphatic hydroxyl groups excluding tert-OH is 1. The Morgan fingerprint density at radius 2 is 1.86 bits per heavy atom. The summed E-state index contributed by atoms with van der Waals surface area (Å²) in [4.78, 5) is 10.1. The van der Waals surface area contributed by atoms with Gasteiger partial charge in [-0.2, -0.15) is 0 Å². The SMILES string of the molecule is Cc1ccccc1CNCC(O)c1ccc([N+](=O)[O-])cc1.